The third-order valence-electron chi connectivity index (χ3n) is 2.27. The minimum Gasteiger partial charge on any atom is -0.465 e. The molecule has 1 unspecified atom stereocenters. The van der Waals surface area contributed by atoms with Crippen molar-refractivity contribution in [2.24, 2.45) is 0 Å². The number of esters is 1. The van der Waals surface area contributed by atoms with Crippen LogP contribution in [0.1, 0.15) is 13.3 Å². The first-order valence-electron chi connectivity index (χ1n) is 5.33. The Labute approximate surface area is 99.8 Å². The largest absolute Gasteiger partial charge is 0.465 e. The molecule has 1 aliphatic heterocycles. The van der Waals surface area contributed by atoms with Gasteiger partial charge < -0.3 is 15.4 Å². The van der Waals surface area contributed by atoms with Crippen molar-refractivity contribution in [1.29, 1.82) is 0 Å². The third kappa shape index (κ3) is 5.03. The first kappa shape index (κ1) is 13.8. The summed E-state index contributed by atoms with van der Waals surface area (Å²) in [5, 5.41) is 4.80. The summed E-state index contributed by atoms with van der Waals surface area (Å²) in [6, 6.07) is -0.928. The molecule has 1 saturated heterocycles. The van der Waals surface area contributed by atoms with Crippen molar-refractivity contribution in [2.45, 2.75) is 19.4 Å². The van der Waals surface area contributed by atoms with Gasteiger partial charge in [-0.05, 0) is 13.3 Å². The van der Waals surface area contributed by atoms with E-state index in [1.54, 1.807) is 6.92 Å². The van der Waals surface area contributed by atoms with Gasteiger partial charge in [0.05, 0.1) is 18.1 Å². The third-order valence-corrected chi connectivity index (χ3v) is 4.03. The Hall–Kier alpha value is -1.31. The molecule has 0 spiro atoms. The van der Waals surface area contributed by atoms with Crippen LogP contribution in [0.3, 0.4) is 0 Å². The SMILES string of the molecule is CCOC(=O)CNC(=O)NC1CCS(=O)(=O)C1. The molecular formula is C9H16N2O5S. The molecule has 98 valence electrons. The Kier molecular flexibility index (Phi) is 4.73. The second kappa shape index (κ2) is 5.85. The Morgan fingerprint density at radius 2 is 2.12 bits per heavy atom. The fourth-order valence-corrected chi connectivity index (χ4v) is 3.18. The van der Waals surface area contributed by atoms with Crippen molar-refractivity contribution >= 4 is 21.8 Å². The minimum atomic E-state index is -3.02. The molecule has 0 aromatic carbocycles. The molecule has 1 fully saturated rings. The maximum atomic E-state index is 11.3. The molecule has 0 aliphatic carbocycles. The molecular weight excluding hydrogens is 248 g/mol. The summed E-state index contributed by atoms with van der Waals surface area (Å²) in [4.78, 5) is 22.2. The van der Waals surface area contributed by atoms with Gasteiger partial charge >= 0.3 is 12.0 Å². The van der Waals surface area contributed by atoms with Crippen LogP contribution in [0.15, 0.2) is 0 Å². The fraction of sp³-hybridized carbons (Fsp3) is 0.778. The van der Waals surface area contributed by atoms with Gasteiger partial charge in [-0.1, -0.05) is 0 Å². The van der Waals surface area contributed by atoms with Crippen molar-refractivity contribution in [1.82, 2.24) is 10.6 Å². The highest BCUT2D eigenvalue weighted by Crippen LogP contribution is 2.10. The van der Waals surface area contributed by atoms with E-state index < -0.39 is 21.8 Å². The smallest absolute Gasteiger partial charge is 0.325 e. The van der Waals surface area contributed by atoms with Gasteiger partial charge in [0, 0.05) is 6.04 Å². The highest BCUT2D eigenvalue weighted by atomic mass is 32.2. The van der Waals surface area contributed by atoms with Crippen LogP contribution in [0.2, 0.25) is 0 Å². The van der Waals surface area contributed by atoms with Gasteiger partial charge in [-0.3, -0.25) is 4.79 Å². The Bertz CT molecular complexity index is 392. The molecule has 2 amide bonds. The van der Waals surface area contributed by atoms with E-state index in [9.17, 15) is 18.0 Å². The Morgan fingerprint density at radius 1 is 1.41 bits per heavy atom. The summed E-state index contributed by atoms with van der Waals surface area (Å²) in [5.74, 6) is -0.475. The summed E-state index contributed by atoms with van der Waals surface area (Å²) >= 11 is 0. The number of urea groups is 1. The van der Waals surface area contributed by atoms with Crippen LogP contribution >= 0.6 is 0 Å². The standard InChI is InChI=1S/C9H16N2O5S/c1-2-16-8(12)5-10-9(13)11-7-3-4-17(14,15)6-7/h7H,2-6H2,1H3,(H2,10,11,13). The van der Waals surface area contributed by atoms with E-state index in [4.69, 9.17) is 0 Å². The van der Waals surface area contributed by atoms with E-state index in [0.29, 0.717) is 6.42 Å². The van der Waals surface area contributed by atoms with Gasteiger partial charge in [0.15, 0.2) is 9.84 Å². The number of nitrogens with one attached hydrogen (secondary N) is 2. The van der Waals surface area contributed by atoms with Gasteiger partial charge in [0.25, 0.3) is 0 Å². The fourth-order valence-electron chi connectivity index (χ4n) is 1.51. The zero-order chi connectivity index (χ0) is 12.9. The van der Waals surface area contributed by atoms with Crippen molar-refractivity contribution in [3.63, 3.8) is 0 Å². The van der Waals surface area contributed by atoms with Crippen molar-refractivity contribution < 1.29 is 22.7 Å². The number of carbonyl (C=O) groups excluding carboxylic acids is 2. The normalized spacial score (nSPS) is 21.8. The molecule has 0 aromatic heterocycles. The van der Waals surface area contributed by atoms with Gasteiger partial charge in [-0.15, -0.1) is 0 Å². The Balaban J connectivity index is 2.24. The van der Waals surface area contributed by atoms with Crippen LogP contribution in [0.25, 0.3) is 0 Å². The number of carbonyl (C=O) groups is 2. The molecule has 1 rings (SSSR count). The van der Waals surface area contributed by atoms with E-state index in [1.165, 1.54) is 0 Å². The van der Waals surface area contributed by atoms with Gasteiger partial charge in [0.1, 0.15) is 6.54 Å². The van der Waals surface area contributed by atoms with Crippen molar-refractivity contribution in [3.05, 3.63) is 0 Å². The maximum Gasteiger partial charge on any atom is 0.325 e. The number of sulfone groups is 1. The summed E-state index contributed by atoms with van der Waals surface area (Å²) in [6.07, 6.45) is 0.412. The van der Waals surface area contributed by atoms with Crippen LogP contribution < -0.4 is 10.6 Å². The number of hydrogen-bond acceptors (Lipinski definition) is 5. The zero-order valence-corrected chi connectivity index (χ0v) is 10.4. The van der Waals surface area contributed by atoms with E-state index in [0.717, 1.165) is 0 Å². The lowest BCUT2D eigenvalue weighted by atomic mass is 10.3. The predicted molar refractivity (Wildman–Crippen MR) is 60.2 cm³/mol. The number of rotatable bonds is 4. The summed E-state index contributed by atoms with van der Waals surface area (Å²) in [7, 11) is -3.02. The molecule has 0 radical (unpaired) electrons. The molecule has 0 saturated carbocycles. The molecule has 2 N–H and O–H groups in total. The van der Waals surface area contributed by atoms with Crippen LogP contribution in [0.4, 0.5) is 4.79 Å². The lowest BCUT2D eigenvalue weighted by molar-refractivity contribution is -0.141. The first-order valence-corrected chi connectivity index (χ1v) is 7.15. The molecule has 1 aliphatic rings. The van der Waals surface area contributed by atoms with E-state index in [-0.39, 0.29) is 30.7 Å². The summed E-state index contributed by atoms with van der Waals surface area (Å²) in [6.45, 7) is 1.70. The summed E-state index contributed by atoms with van der Waals surface area (Å²) < 4.78 is 26.9. The number of hydrogen-bond donors (Lipinski definition) is 2. The van der Waals surface area contributed by atoms with E-state index >= 15 is 0 Å². The molecule has 1 atom stereocenters. The molecule has 17 heavy (non-hydrogen) atoms. The van der Waals surface area contributed by atoms with E-state index in [1.807, 2.05) is 0 Å². The van der Waals surface area contributed by atoms with Crippen LogP contribution in [-0.2, 0) is 19.4 Å². The lowest BCUT2D eigenvalue weighted by Crippen LogP contribution is -2.44. The van der Waals surface area contributed by atoms with Crippen LogP contribution in [0.5, 0.6) is 0 Å². The highest BCUT2D eigenvalue weighted by molar-refractivity contribution is 7.91. The minimum absolute atomic E-state index is 0.0418. The molecule has 7 nitrogen and oxygen atoms in total. The lowest BCUT2D eigenvalue weighted by Gasteiger charge is -2.11. The Morgan fingerprint density at radius 3 is 2.65 bits per heavy atom. The van der Waals surface area contributed by atoms with Gasteiger partial charge in [-0.2, -0.15) is 0 Å². The van der Waals surface area contributed by atoms with Crippen LogP contribution in [-0.4, -0.2) is 51.1 Å². The highest BCUT2D eigenvalue weighted by Gasteiger charge is 2.28. The van der Waals surface area contributed by atoms with Crippen molar-refractivity contribution in [3.8, 4) is 0 Å². The van der Waals surface area contributed by atoms with E-state index in [2.05, 4.69) is 15.4 Å². The van der Waals surface area contributed by atoms with Crippen LogP contribution in [0, 0.1) is 0 Å². The molecule has 1 heterocycles. The molecule has 0 bridgehead atoms. The van der Waals surface area contributed by atoms with Gasteiger partial charge in [0.2, 0.25) is 0 Å². The average Bonchev–Trinajstić information content (AvgIpc) is 2.55. The second-order valence-corrected chi connectivity index (χ2v) is 5.96. The molecule has 0 aromatic rings. The topological polar surface area (TPSA) is 102 Å². The monoisotopic (exact) mass is 264 g/mol. The number of amides is 2. The van der Waals surface area contributed by atoms with Gasteiger partial charge in [-0.25, -0.2) is 13.2 Å². The predicted octanol–water partition coefficient (Wildman–Crippen LogP) is -0.964. The number of ether oxygens (including phenoxy) is 1. The maximum absolute atomic E-state index is 11.3. The second-order valence-electron chi connectivity index (χ2n) is 3.73. The molecule has 8 heteroatoms. The summed E-state index contributed by atoms with van der Waals surface area (Å²) in [5.41, 5.74) is 0. The quantitative estimate of drug-likeness (QED) is 0.636. The zero-order valence-electron chi connectivity index (χ0n) is 9.56. The van der Waals surface area contributed by atoms with Crippen molar-refractivity contribution in [2.75, 3.05) is 24.7 Å². The average molecular weight is 264 g/mol. The first-order chi connectivity index (χ1) is 7.93.